The molecule has 1 aliphatic rings. The molecule has 12 heavy (non-hydrogen) atoms. The predicted molar refractivity (Wildman–Crippen MR) is 44.9 cm³/mol. The van der Waals surface area contributed by atoms with Crippen molar-refractivity contribution >= 4 is 29.1 Å². The standard InChI is InChI=1S/C9H8.2FH.Mg/c1-2-5-9-7-3-6-8(9)4-1;;;/h1-6H,7H2;2*1H;/q;;;+2/p-2. The zero-order valence-electron chi connectivity index (χ0n) is 6.63. The molecular formula is C9H8F2Mg. The Morgan fingerprint density at radius 1 is 1.00 bits per heavy atom. The van der Waals surface area contributed by atoms with Crippen molar-refractivity contribution in [3.63, 3.8) is 0 Å². The fourth-order valence-corrected chi connectivity index (χ4v) is 1.20. The van der Waals surface area contributed by atoms with Crippen LogP contribution in [0, 0.1) is 0 Å². The fraction of sp³-hybridized carbons (Fsp3) is 0.111. The van der Waals surface area contributed by atoms with E-state index in [4.69, 9.17) is 0 Å². The van der Waals surface area contributed by atoms with Crippen LogP contribution in [0.1, 0.15) is 11.1 Å². The first kappa shape index (κ1) is 14.1. The molecule has 1 aromatic carbocycles. The van der Waals surface area contributed by atoms with Crippen molar-refractivity contribution in [2.75, 3.05) is 0 Å². The van der Waals surface area contributed by atoms with Gasteiger partial charge in [0, 0.05) is 0 Å². The van der Waals surface area contributed by atoms with Gasteiger partial charge in [0.1, 0.15) is 0 Å². The second kappa shape index (κ2) is 6.14. The van der Waals surface area contributed by atoms with Crippen molar-refractivity contribution in [1.29, 1.82) is 0 Å². The first-order valence-corrected chi connectivity index (χ1v) is 3.21. The Morgan fingerprint density at radius 2 is 1.67 bits per heavy atom. The van der Waals surface area contributed by atoms with E-state index in [-0.39, 0.29) is 32.5 Å². The van der Waals surface area contributed by atoms with Crippen LogP contribution in [0.15, 0.2) is 30.3 Å². The summed E-state index contributed by atoms with van der Waals surface area (Å²) in [5.41, 5.74) is 2.84. The summed E-state index contributed by atoms with van der Waals surface area (Å²) in [6.07, 6.45) is 5.50. The Bertz CT molecular complexity index is 258. The second-order valence-electron chi connectivity index (χ2n) is 2.31. The summed E-state index contributed by atoms with van der Waals surface area (Å²) in [7, 11) is 0. The number of hydrogen-bond acceptors (Lipinski definition) is 0. The third kappa shape index (κ3) is 2.57. The molecule has 60 valence electrons. The van der Waals surface area contributed by atoms with Gasteiger partial charge in [-0.05, 0) is 17.5 Å². The normalized spacial score (nSPS) is 10.3. The van der Waals surface area contributed by atoms with Crippen LogP contribution < -0.4 is 9.41 Å². The van der Waals surface area contributed by atoms with Gasteiger partial charge in [0.2, 0.25) is 0 Å². The molecule has 0 saturated heterocycles. The van der Waals surface area contributed by atoms with Crippen LogP contribution in [0.3, 0.4) is 0 Å². The van der Waals surface area contributed by atoms with Gasteiger partial charge in [-0.2, -0.15) is 0 Å². The van der Waals surface area contributed by atoms with Gasteiger partial charge in [-0.3, -0.25) is 0 Å². The van der Waals surface area contributed by atoms with Crippen LogP contribution in [0.25, 0.3) is 6.08 Å². The molecule has 2 rings (SSSR count). The Balaban J connectivity index is 0. The summed E-state index contributed by atoms with van der Waals surface area (Å²) >= 11 is 0. The Morgan fingerprint density at radius 3 is 2.33 bits per heavy atom. The zero-order chi connectivity index (χ0) is 6.10. The second-order valence-corrected chi connectivity index (χ2v) is 2.31. The maximum absolute atomic E-state index is 2.20. The summed E-state index contributed by atoms with van der Waals surface area (Å²) in [6, 6.07) is 8.49. The van der Waals surface area contributed by atoms with Crippen molar-refractivity contribution in [2.45, 2.75) is 6.42 Å². The smallest absolute Gasteiger partial charge is 1.00 e. The zero-order valence-corrected chi connectivity index (χ0v) is 8.05. The molecule has 0 unspecified atom stereocenters. The topological polar surface area (TPSA) is 0 Å². The predicted octanol–water partition coefficient (Wildman–Crippen LogP) is -4.12. The van der Waals surface area contributed by atoms with E-state index in [1.165, 1.54) is 11.1 Å². The Hall–Kier alpha value is -0.414. The maximum atomic E-state index is 2.20. The van der Waals surface area contributed by atoms with Crippen molar-refractivity contribution in [2.24, 2.45) is 0 Å². The summed E-state index contributed by atoms with van der Waals surface area (Å²) in [4.78, 5) is 0. The maximum Gasteiger partial charge on any atom is 2.00 e. The number of rotatable bonds is 0. The molecule has 0 bridgehead atoms. The summed E-state index contributed by atoms with van der Waals surface area (Å²) in [5, 5.41) is 0. The minimum absolute atomic E-state index is 0. The molecule has 0 amide bonds. The van der Waals surface area contributed by atoms with Crippen molar-refractivity contribution in [1.82, 2.24) is 0 Å². The van der Waals surface area contributed by atoms with Gasteiger partial charge in [-0.15, -0.1) is 0 Å². The Labute approximate surface area is 86.6 Å². The van der Waals surface area contributed by atoms with Crippen LogP contribution in [0.2, 0.25) is 0 Å². The molecule has 3 heteroatoms. The van der Waals surface area contributed by atoms with Crippen LogP contribution in [0.5, 0.6) is 0 Å². The average molecular weight is 178 g/mol. The molecule has 0 saturated carbocycles. The van der Waals surface area contributed by atoms with Crippen molar-refractivity contribution < 1.29 is 9.41 Å². The van der Waals surface area contributed by atoms with E-state index < -0.39 is 0 Å². The van der Waals surface area contributed by atoms with E-state index in [0.717, 1.165) is 6.42 Å². The fourth-order valence-electron chi connectivity index (χ4n) is 1.20. The number of fused-ring (bicyclic) bond motifs is 1. The van der Waals surface area contributed by atoms with Gasteiger partial charge in [-0.1, -0.05) is 36.4 Å². The molecule has 0 aromatic heterocycles. The van der Waals surface area contributed by atoms with Gasteiger partial charge in [0.15, 0.2) is 0 Å². The molecule has 0 radical (unpaired) electrons. The minimum atomic E-state index is 0. The van der Waals surface area contributed by atoms with Gasteiger partial charge >= 0.3 is 23.1 Å². The Kier molecular flexibility index (Phi) is 7.23. The van der Waals surface area contributed by atoms with E-state index in [2.05, 4.69) is 36.4 Å². The first-order valence-electron chi connectivity index (χ1n) is 3.21. The monoisotopic (exact) mass is 178 g/mol. The summed E-state index contributed by atoms with van der Waals surface area (Å²) in [5.74, 6) is 0. The van der Waals surface area contributed by atoms with Gasteiger partial charge < -0.3 is 9.41 Å². The number of halogens is 2. The molecule has 0 nitrogen and oxygen atoms in total. The van der Waals surface area contributed by atoms with Crippen molar-refractivity contribution in [3.05, 3.63) is 41.5 Å². The number of hydrogen-bond donors (Lipinski definition) is 0. The van der Waals surface area contributed by atoms with Gasteiger partial charge in [0.25, 0.3) is 0 Å². The number of allylic oxidation sites excluding steroid dienone is 1. The molecule has 1 aromatic rings. The summed E-state index contributed by atoms with van der Waals surface area (Å²) < 4.78 is 0. The van der Waals surface area contributed by atoms with Crippen LogP contribution in [0.4, 0.5) is 0 Å². The largest absolute Gasteiger partial charge is 2.00 e. The van der Waals surface area contributed by atoms with Crippen LogP contribution in [-0.4, -0.2) is 23.1 Å². The summed E-state index contributed by atoms with van der Waals surface area (Å²) in [6.45, 7) is 0. The molecule has 0 atom stereocenters. The molecule has 0 spiro atoms. The van der Waals surface area contributed by atoms with Crippen molar-refractivity contribution in [3.8, 4) is 0 Å². The van der Waals surface area contributed by atoms with E-state index in [1.807, 2.05) is 0 Å². The average Bonchev–Trinajstić information content (AvgIpc) is 2.33. The third-order valence-corrected chi connectivity index (χ3v) is 1.69. The molecule has 0 fully saturated rings. The molecule has 0 N–H and O–H groups in total. The first-order chi connectivity index (χ1) is 4.47. The minimum Gasteiger partial charge on any atom is -1.00 e. The molecule has 1 aliphatic carbocycles. The van der Waals surface area contributed by atoms with E-state index in [9.17, 15) is 0 Å². The molecular weight excluding hydrogens is 170 g/mol. The van der Waals surface area contributed by atoms with Gasteiger partial charge in [0.05, 0.1) is 0 Å². The number of benzene rings is 1. The van der Waals surface area contributed by atoms with Gasteiger partial charge in [-0.25, -0.2) is 0 Å². The molecule has 0 aliphatic heterocycles. The third-order valence-electron chi connectivity index (χ3n) is 1.69. The molecule has 0 heterocycles. The van der Waals surface area contributed by atoms with Crippen LogP contribution >= 0.6 is 0 Å². The van der Waals surface area contributed by atoms with Crippen LogP contribution in [-0.2, 0) is 6.42 Å². The van der Waals surface area contributed by atoms with E-state index in [0.29, 0.717) is 0 Å². The SMILES string of the molecule is C1=Cc2ccccc2C1.[F-].[F-].[Mg+2]. The van der Waals surface area contributed by atoms with E-state index in [1.54, 1.807) is 0 Å². The van der Waals surface area contributed by atoms with E-state index >= 15 is 0 Å². The quantitative estimate of drug-likeness (QED) is 0.354.